The number of rotatable bonds is 2. The van der Waals surface area contributed by atoms with Crippen molar-refractivity contribution in [3.63, 3.8) is 0 Å². The molecule has 0 aliphatic carbocycles. The second-order valence-electron chi connectivity index (χ2n) is 2.45. The van der Waals surface area contributed by atoms with Gasteiger partial charge in [-0.3, -0.25) is 5.41 Å². The molecule has 4 N–H and O–H groups in total. The van der Waals surface area contributed by atoms with Crippen LogP contribution in [0.1, 0.15) is 5.56 Å². The van der Waals surface area contributed by atoms with Crippen molar-refractivity contribution in [2.24, 2.45) is 10.8 Å². The zero-order chi connectivity index (χ0) is 10.6. The molecule has 0 saturated heterocycles. The Labute approximate surface area is 103 Å². The van der Waals surface area contributed by atoms with Crippen LogP contribution in [-0.4, -0.2) is 12.2 Å². The van der Waals surface area contributed by atoms with Gasteiger partial charge in [-0.1, -0.05) is 29.3 Å². The van der Waals surface area contributed by atoms with Gasteiger partial charge < -0.3 is 5.73 Å². The van der Waals surface area contributed by atoms with Crippen LogP contribution in [0.25, 0.3) is 0 Å². The third-order valence-electron chi connectivity index (χ3n) is 1.35. The first kappa shape index (κ1) is 14.0. The first-order valence-corrected chi connectivity index (χ1v) is 4.43. The maximum Gasteiger partial charge on any atom is 0.206 e. The zero-order valence-corrected chi connectivity index (χ0v) is 9.83. The second-order valence-corrected chi connectivity index (χ2v) is 3.29. The summed E-state index contributed by atoms with van der Waals surface area (Å²) in [5, 5.41) is 11.6. The molecule has 1 aromatic carbocycles. The van der Waals surface area contributed by atoms with Gasteiger partial charge in [0.05, 0.1) is 11.2 Å². The summed E-state index contributed by atoms with van der Waals surface area (Å²) in [5.74, 6) is -0.230. The molecule has 0 saturated carbocycles. The number of nitrogens with zero attached hydrogens (tertiary/aromatic N) is 1. The molecule has 0 radical (unpaired) electrons. The fourth-order valence-corrected chi connectivity index (χ4v) is 1.23. The normalized spacial score (nSPS) is 9.73. The lowest BCUT2D eigenvalue weighted by Gasteiger charge is -1.98. The van der Waals surface area contributed by atoms with Gasteiger partial charge in [-0.15, -0.1) is 12.4 Å². The molecular weight excluding hydrogens is 258 g/mol. The topological polar surface area (TPSA) is 74.3 Å². The van der Waals surface area contributed by atoms with Crippen LogP contribution in [0.2, 0.25) is 10.0 Å². The standard InChI is InChI=1S/C8H8Cl2N4.ClH/c9-6-2-1-5(7(10)3-6)4-13-14-8(11)12;/h1-4H,(H4,11,12,14);1H. The van der Waals surface area contributed by atoms with Crippen LogP contribution in [0, 0.1) is 5.41 Å². The number of guanidine groups is 1. The third-order valence-corrected chi connectivity index (χ3v) is 1.91. The molecule has 0 aliphatic rings. The van der Waals surface area contributed by atoms with E-state index >= 15 is 0 Å². The molecule has 1 rings (SSSR count). The van der Waals surface area contributed by atoms with Gasteiger partial charge in [0.15, 0.2) is 0 Å². The summed E-state index contributed by atoms with van der Waals surface area (Å²) in [5.41, 5.74) is 8.00. The van der Waals surface area contributed by atoms with Crippen LogP contribution in [-0.2, 0) is 0 Å². The molecule has 0 spiro atoms. The van der Waals surface area contributed by atoms with Crippen molar-refractivity contribution in [3.8, 4) is 0 Å². The lowest BCUT2D eigenvalue weighted by Crippen LogP contribution is -2.25. The minimum absolute atomic E-state index is 0. The molecule has 1 aromatic rings. The van der Waals surface area contributed by atoms with Gasteiger partial charge in [-0.25, -0.2) is 5.43 Å². The van der Waals surface area contributed by atoms with Crippen molar-refractivity contribution in [2.75, 3.05) is 0 Å². The predicted octanol–water partition coefficient (Wildman–Crippen LogP) is 2.23. The van der Waals surface area contributed by atoms with Crippen molar-refractivity contribution in [2.45, 2.75) is 0 Å². The number of hydrogen-bond acceptors (Lipinski definition) is 2. The summed E-state index contributed by atoms with van der Waals surface area (Å²) in [4.78, 5) is 0. The number of halogens is 3. The average molecular weight is 268 g/mol. The van der Waals surface area contributed by atoms with Gasteiger partial charge in [0.25, 0.3) is 0 Å². The van der Waals surface area contributed by atoms with Crippen LogP contribution in [0.3, 0.4) is 0 Å². The molecule has 0 aliphatic heterocycles. The highest BCUT2D eigenvalue weighted by Gasteiger charge is 1.97. The fourth-order valence-electron chi connectivity index (χ4n) is 0.778. The largest absolute Gasteiger partial charge is 0.369 e. The van der Waals surface area contributed by atoms with Crippen molar-refractivity contribution < 1.29 is 0 Å². The SMILES string of the molecule is Cl.N=C(N)NN=Cc1ccc(Cl)cc1Cl. The highest BCUT2D eigenvalue weighted by molar-refractivity contribution is 6.36. The lowest BCUT2D eigenvalue weighted by atomic mass is 10.2. The van der Waals surface area contributed by atoms with E-state index in [1.807, 2.05) is 0 Å². The van der Waals surface area contributed by atoms with Gasteiger partial charge in [0.1, 0.15) is 0 Å². The maximum absolute atomic E-state index is 6.85. The molecule has 0 amide bonds. The van der Waals surface area contributed by atoms with E-state index in [0.29, 0.717) is 15.6 Å². The smallest absolute Gasteiger partial charge is 0.206 e. The summed E-state index contributed by atoms with van der Waals surface area (Å²) < 4.78 is 0. The molecule has 7 heteroatoms. The summed E-state index contributed by atoms with van der Waals surface area (Å²) >= 11 is 11.6. The Bertz CT molecular complexity index is 378. The third kappa shape index (κ3) is 4.88. The van der Waals surface area contributed by atoms with Crippen LogP contribution in [0.4, 0.5) is 0 Å². The van der Waals surface area contributed by atoms with Crippen LogP contribution >= 0.6 is 35.6 Å². The Kier molecular flexibility index (Phi) is 6.08. The molecule has 82 valence electrons. The van der Waals surface area contributed by atoms with Gasteiger partial charge >= 0.3 is 0 Å². The van der Waals surface area contributed by atoms with Crippen LogP contribution in [0.5, 0.6) is 0 Å². The first-order chi connectivity index (χ1) is 6.59. The van der Waals surface area contributed by atoms with E-state index < -0.39 is 0 Å². The Morgan fingerprint density at radius 2 is 2.13 bits per heavy atom. The summed E-state index contributed by atoms with van der Waals surface area (Å²) in [7, 11) is 0. The van der Waals surface area contributed by atoms with Gasteiger partial charge in [-0.2, -0.15) is 5.10 Å². The summed E-state index contributed by atoms with van der Waals surface area (Å²) in [6, 6.07) is 5.02. The second kappa shape index (κ2) is 6.50. The zero-order valence-electron chi connectivity index (χ0n) is 7.50. The maximum atomic E-state index is 6.85. The van der Waals surface area contributed by atoms with Crippen LogP contribution < -0.4 is 11.2 Å². The Morgan fingerprint density at radius 3 is 2.67 bits per heavy atom. The van der Waals surface area contributed by atoms with E-state index in [2.05, 4.69) is 10.5 Å². The van der Waals surface area contributed by atoms with Gasteiger partial charge in [0.2, 0.25) is 5.96 Å². The predicted molar refractivity (Wildman–Crippen MR) is 66.4 cm³/mol. The van der Waals surface area contributed by atoms with E-state index in [0.717, 1.165) is 0 Å². The van der Waals surface area contributed by atoms with E-state index in [4.69, 9.17) is 34.3 Å². The van der Waals surface area contributed by atoms with Gasteiger partial charge in [-0.05, 0) is 12.1 Å². The fraction of sp³-hybridized carbons (Fsp3) is 0. The average Bonchev–Trinajstić information content (AvgIpc) is 2.08. The summed E-state index contributed by atoms with van der Waals surface area (Å²) in [6.07, 6.45) is 1.46. The molecule has 0 aromatic heterocycles. The van der Waals surface area contributed by atoms with Crippen molar-refractivity contribution in [1.82, 2.24) is 5.43 Å². The molecule has 15 heavy (non-hydrogen) atoms. The first-order valence-electron chi connectivity index (χ1n) is 3.68. The number of nitrogens with one attached hydrogen (secondary N) is 2. The van der Waals surface area contributed by atoms with Gasteiger partial charge in [0, 0.05) is 10.6 Å². The molecule has 0 unspecified atom stereocenters. The minimum Gasteiger partial charge on any atom is -0.369 e. The highest BCUT2D eigenvalue weighted by Crippen LogP contribution is 2.19. The minimum atomic E-state index is -0.230. The molecule has 0 fully saturated rings. The van der Waals surface area contributed by atoms with Crippen molar-refractivity contribution >= 4 is 47.8 Å². The molecular formula is C8H9Cl3N4. The Morgan fingerprint density at radius 1 is 1.47 bits per heavy atom. The number of hydrogen-bond donors (Lipinski definition) is 3. The van der Waals surface area contributed by atoms with E-state index in [1.165, 1.54) is 6.21 Å². The lowest BCUT2D eigenvalue weighted by molar-refractivity contribution is 1.00. The Balaban J connectivity index is 0.00000196. The molecule has 0 atom stereocenters. The van der Waals surface area contributed by atoms with E-state index in [1.54, 1.807) is 18.2 Å². The number of hydrazone groups is 1. The highest BCUT2D eigenvalue weighted by atomic mass is 35.5. The molecule has 0 bridgehead atoms. The number of nitrogens with two attached hydrogens (primary N) is 1. The quantitative estimate of drug-likeness (QED) is 0.437. The molecule has 0 heterocycles. The summed E-state index contributed by atoms with van der Waals surface area (Å²) in [6.45, 7) is 0. The van der Waals surface area contributed by atoms with Crippen LogP contribution in [0.15, 0.2) is 23.3 Å². The van der Waals surface area contributed by atoms with E-state index in [-0.39, 0.29) is 18.4 Å². The number of benzene rings is 1. The Hall–Kier alpha value is -0.970. The van der Waals surface area contributed by atoms with E-state index in [9.17, 15) is 0 Å². The monoisotopic (exact) mass is 266 g/mol. The van der Waals surface area contributed by atoms with Crippen molar-refractivity contribution in [3.05, 3.63) is 33.8 Å². The molecule has 4 nitrogen and oxygen atoms in total. The van der Waals surface area contributed by atoms with Crippen molar-refractivity contribution in [1.29, 1.82) is 5.41 Å².